The molecule has 0 atom stereocenters. The predicted molar refractivity (Wildman–Crippen MR) is 100 cm³/mol. The number of para-hydroxylation sites is 1. The highest BCUT2D eigenvalue weighted by Crippen LogP contribution is 2.30. The molecule has 0 aliphatic carbocycles. The Hall–Kier alpha value is -2.34. The van der Waals surface area contributed by atoms with E-state index in [9.17, 15) is 13.2 Å². The lowest BCUT2D eigenvalue weighted by atomic mass is 10.1. The highest BCUT2D eigenvalue weighted by molar-refractivity contribution is 7.92. The van der Waals surface area contributed by atoms with Gasteiger partial charge in [0.15, 0.2) is 0 Å². The van der Waals surface area contributed by atoms with Crippen molar-refractivity contribution < 1.29 is 13.2 Å². The van der Waals surface area contributed by atoms with Gasteiger partial charge < -0.3 is 5.32 Å². The Kier molecular flexibility index (Phi) is 4.81. The van der Waals surface area contributed by atoms with Crippen molar-refractivity contribution in [3.63, 3.8) is 0 Å². The maximum atomic E-state index is 12.6. The molecule has 0 bridgehead atoms. The van der Waals surface area contributed by atoms with Crippen molar-refractivity contribution in [2.45, 2.75) is 26.7 Å². The molecule has 0 saturated carbocycles. The fraction of sp³-hybridized carbons (Fsp3) is 0.316. The second kappa shape index (κ2) is 6.88. The summed E-state index contributed by atoms with van der Waals surface area (Å²) in [4.78, 5) is 12.1. The van der Waals surface area contributed by atoms with Gasteiger partial charge >= 0.3 is 0 Å². The normalized spacial score (nSPS) is 13.6. The molecular weight excluding hydrogens is 336 g/mol. The number of hydrogen-bond acceptors (Lipinski definition) is 3. The van der Waals surface area contributed by atoms with Gasteiger partial charge in [-0.05, 0) is 55.2 Å². The Morgan fingerprint density at radius 2 is 1.80 bits per heavy atom. The van der Waals surface area contributed by atoms with Crippen molar-refractivity contribution in [2.24, 2.45) is 0 Å². The molecule has 0 radical (unpaired) electrons. The topological polar surface area (TPSA) is 66.5 Å². The van der Waals surface area contributed by atoms with Crippen LogP contribution in [0.5, 0.6) is 0 Å². The highest BCUT2D eigenvalue weighted by Gasteiger charge is 2.29. The van der Waals surface area contributed by atoms with E-state index >= 15 is 0 Å². The van der Waals surface area contributed by atoms with Gasteiger partial charge in [-0.15, -0.1) is 0 Å². The van der Waals surface area contributed by atoms with Gasteiger partial charge in [-0.2, -0.15) is 0 Å². The van der Waals surface area contributed by atoms with Crippen LogP contribution >= 0.6 is 0 Å². The van der Waals surface area contributed by atoms with Crippen LogP contribution in [0.3, 0.4) is 0 Å². The van der Waals surface area contributed by atoms with Crippen LogP contribution in [0, 0.1) is 13.8 Å². The molecule has 0 unspecified atom stereocenters. The van der Waals surface area contributed by atoms with Gasteiger partial charge in [0.05, 0.1) is 11.4 Å². The van der Waals surface area contributed by atoms with Crippen molar-refractivity contribution in [2.75, 3.05) is 21.9 Å². The average Bonchev–Trinajstić information content (AvgIpc) is 2.97. The summed E-state index contributed by atoms with van der Waals surface area (Å²) in [7, 11) is -3.50. The van der Waals surface area contributed by atoms with Crippen LogP contribution in [0.25, 0.3) is 0 Å². The number of nitrogens with zero attached hydrogens (tertiary/aromatic N) is 1. The van der Waals surface area contributed by atoms with Crippen LogP contribution in [0.4, 0.5) is 11.4 Å². The van der Waals surface area contributed by atoms with Crippen molar-refractivity contribution in [1.82, 2.24) is 0 Å². The lowest BCUT2D eigenvalue weighted by Crippen LogP contribution is -2.32. The number of benzene rings is 2. The molecule has 0 saturated heterocycles. The third-order valence-corrected chi connectivity index (χ3v) is 6.04. The Morgan fingerprint density at radius 3 is 2.52 bits per heavy atom. The Morgan fingerprint density at radius 1 is 1.12 bits per heavy atom. The molecule has 5 nitrogen and oxygen atoms in total. The number of hydrogen-bond donors (Lipinski definition) is 1. The SMILES string of the molecule is Cc1cc(C)cc(NC(=O)CCS(=O)(=O)N2CCc3ccccc32)c1. The number of sulfonamides is 1. The Labute approximate surface area is 148 Å². The standard InChI is InChI=1S/C19H22N2O3S/c1-14-11-15(2)13-17(12-14)20-19(22)8-10-25(23,24)21-9-7-16-5-3-4-6-18(16)21/h3-6,11-13H,7-10H2,1-2H3,(H,20,22). The minimum absolute atomic E-state index is 0.0615. The van der Waals surface area contributed by atoms with Crippen molar-refractivity contribution in [3.8, 4) is 0 Å². The van der Waals surface area contributed by atoms with E-state index in [0.717, 1.165) is 22.4 Å². The Bertz CT molecular complexity index is 886. The number of fused-ring (bicyclic) bond motifs is 1. The molecule has 0 fully saturated rings. The summed E-state index contributed by atoms with van der Waals surface area (Å²) in [6.45, 7) is 4.36. The first kappa shape index (κ1) is 17.5. The molecule has 0 spiro atoms. The van der Waals surface area contributed by atoms with Gasteiger partial charge in [-0.3, -0.25) is 9.10 Å². The van der Waals surface area contributed by atoms with E-state index in [1.54, 1.807) is 0 Å². The number of nitrogens with one attached hydrogen (secondary N) is 1. The molecule has 1 aliphatic heterocycles. The number of carbonyl (C=O) groups excluding carboxylic acids is 1. The molecule has 2 aromatic rings. The zero-order valence-corrected chi connectivity index (χ0v) is 15.3. The molecule has 25 heavy (non-hydrogen) atoms. The monoisotopic (exact) mass is 358 g/mol. The third kappa shape index (κ3) is 4.02. The van der Waals surface area contributed by atoms with Gasteiger partial charge in [0, 0.05) is 18.7 Å². The molecule has 1 aliphatic rings. The number of aryl methyl sites for hydroxylation is 2. The Balaban J connectivity index is 1.64. The number of anilines is 2. The summed E-state index contributed by atoms with van der Waals surface area (Å²) in [6, 6.07) is 13.3. The van der Waals surface area contributed by atoms with E-state index in [1.165, 1.54) is 4.31 Å². The summed E-state index contributed by atoms with van der Waals surface area (Å²) >= 11 is 0. The number of amides is 1. The minimum atomic E-state index is -3.50. The fourth-order valence-electron chi connectivity index (χ4n) is 3.20. The zero-order chi connectivity index (χ0) is 18.0. The van der Waals surface area contributed by atoms with Gasteiger partial charge in [0.2, 0.25) is 15.9 Å². The first-order valence-corrected chi connectivity index (χ1v) is 9.92. The molecule has 1 amide bonds. The molecule has 132 valence electrons. The summed E-state index contributed by atoms with van der Waals surface area (Å²) < 4.78 is 26.6. The lowest BCUT2D eigenvalue weighted by molar-refractivity contribution is -0.115. The number of carbonyl (C=O) groups is 1. The smallest absolute Gasteiger partial charge is 0.235 e. The first-order chi connectivity index (χ1) is 11.8. The first-order valence-electron chi connectivity index (χ1n) is 8.32. The lowest BCUT2D eigenvalue weighted by Gasteiger charge is -2.19. The van der Waals surface area contributed by atoms with E-state index in [4.69, 9.17) is 0 Å². The largest absolute Gasteiger partial charge is 0.326 e. The zero-order valence-electron chi connectivity index (χ0n) is 14.5. The summed E-state index contributed by atoms with van der Waals surface area (Å²) in [6.07, 6.45) is 0.651. The van der Waals surface area contributed by atoms with Gasteiger partial charge in [0.25, 0.3) is 0 Å². The van der Waals surface area contributed by atoms with Gasteiger partial charge in [-0.25, -0.2) is 8.42 Å². The molecule has 6 heteroatoms. The van der Waals surface area contributed by atoms with E-state index in [-0.39, 0.29) is 18.1 Å². The molecule has 1 N–H and O–H groups in total. The van der Waals surface area contributed by atoms with Crippen LogP contribution in [0.1, 0.15) is 23.1 Å². The molecule has 1 heterocycles. The molecule has 0 aromatic heterocycles. The summed E-state index contributed by atoms with van der Waals surface area (Å²) in [5, 5.41) is 2.78. The van der Waals surface area contributed by atoms with Crippen LogP contribution in [0.15, 0.2) is 42.5 Å². The van der Waals surface area contributed by atoms with Crippen LogP contribution in [-0.2, 0) is 21.2 Å². The van der Waals surface area contributed by atoms with Crippen LogP contribution in [-0.4, -0.2) is 26.6 Å². The van der Waals surface area contributed by atoms with E-state index < -0.39 is 10.0 Å². The quantitative estimate of drug-likeness (QED) is 0.893. The molecule has 3 rings (SSSR count). The maximum Gasteiger partial charge on any atom is 0.235 e. The third-order valence-electron chi connectivity index (χ3n) is 4.27. The fourth-order valence-corrected chi connectivity index (χ4v) is 4.71. The minimum Gasteiger partial charge on any atom is -0.326 e. The van der Waals surface area contributed by atoms with Gasteiger partial charge in [0.1, 0.15) is 0 Å². The van der Waals surface area contributed by atoms with Crippen LogP contribution < -0.4 is 9.62 Å². The second-order valence-corrected chi connectivity index (χ2v) is 8.45. The number of rotatable bonds is 5. The average molecular weight is 358 g/mol. The summed E-state index contributed by atoms with van der Waals surface area (Å²) in [5.41, 5.74) is 4.57. The second-order valence-electron chi connectivity index (χ2n) is 6.44. The molecule has 2 aromatic carbocycles. The van der Waals surface area contributed by atoms with E-state index in [0.29, 0.717) is 18.7 Å². The van der Waals surface area contributed by atoms with Crippen molar-refractivity contribution in [3.05, 3.63) is 59.2 Å². The van der Waals surface area contributed by atoms with Crippen molar-refractivity contribution >= 4 is 27.3 Å². The predicted octanol–water partition coefficient (Wildman–Crippen LogP) is 3.02. The van der Waals surface area contributed by atoms with Crippen molar-refractivity contribution in [1.29, 1.82) is 0 Å². The van der Waals surface area contributed by atoms with Gasteiger partial charge in [-0.1, -0.05) is 24.3 Å². The van der Waals surface area contributed by atoms with E-state index in [2.05, 4.69) is 5.32 Å². The van der Waals surface area contributed by atoms with Crippen LogP contribution in [0.2, 0.25) is 0 Å². The van der Waals surface area contributed by atoms with E-state index in [1.807, 2.05) is 56.3 Å². The maximum absolute atomic E-state index is 12.6. The highest BCUT2D eigenvalue weighted by atomic mass is 32.2. The molecular formula is C19H22N2O3S. The summed E-state index contributed by atoms with van der Waals surface area (Å²) in [5.74, 6) is -0.487.